The first-order valence-corrected chi connectivity index (χ1v) is 9.74. The van der Waals surface area contributed by atoms with Crippen molar-refractivity contribution in [3.63, 3.8) is 0 Å². The predicted octanol–water partition coefficient (Wildman–Crippen LogP) is 3.52. The summed E-state index contributed by atoms with van der Waals surface area (Å²) in [7, 11) is -0.671. The fourth-order valence-electron chi connectivity index (χ4n) is 1.62. The first kappa shape index (κ1) is 18.5. The number of nitrogens with zero attached hydrogens (tertiary/aromatic N) is 1. The molecule has 0 aliphatic heterocycles. The Labute approximate surface area is 105 Å². The van der Waals surface area contributed by atoms with E-state index in [0.717, 1.165) is 6.61 Å². The minimum atomic E-state index is -0.671. The molecule has 0 radical (unpaired) electrons. The molecule has 3 heteroatoms. The molecule has 0 N–H and O–H groups in total. The molecule has 0 spiro atoms. The third kappa shape index (κ3) is 16.6. The molecular weight excluding hydrogens is 214 g/mol. The van der Waals surface area contributed by atoms with E-state index in [4.69, 9.17) is 4.43 Å². The monoisotopic (exact) mass is 247 g/mol. The van der Waals surface area contributed by atoms with Gasteiger partial charge in [0, 0.05) is 6.61 Å². The van der Waals surface area contributed by atoms with Crippen molar-refractivity contribution in [2.45, 2.75) is 60.1 Å². The molecule has 0 heterocycles. The first-order chi connectivity index (χ1) is 7.62. The molecule has 0 bridgehead atoms. The zero-order valence-corrected chi connectivity index (χ0v) is 13.5. The van der Waals surface area contributed by atoms with E-state index < -0.39 is 9.04 Å². The Morgan fingerprint density at radius 3 is 1.31 bits per heavy atom. The van der Waals surface area contributed by atoms with Gasteiger partial charge in [0.2, 0.25) is 0 Å². The molecule has 0 aromatic rings. The molecule has 2 nitrogen and oxygen atoms in total. The molecule has 0 aliphatic rings. The van der Waals surface area contributed by atoms with Crippen LogP contribution < -0.4 is 0 Å². The van der Waals surface area contributed by atoms with Crippen LogP contribution in [0.1, 0.15) is 47.0 Å². The molecule has 16 heavy (non-hydrogen) atoms. The van der Waals surface area contributed by atoms with Gasteiger partial charge in [-0.15, -0.1) is 0 Å². The lowest BCUT2D eigenvalue weighted by Crippen LogP contribution is -2.25. The van der Waals surface area contributed by atoms with Crippen LogP contribution in [0, 0.1) is 0 Å². The van der Waals surface area contributed by atoms with E-state index in [2.05, 4.69) is 38.8 Å². The number of hydrogen-bond donors (Lipinski definition) is 0. The predicted molar refractivity (Wildman–Crippen MR) is 77.8 cm³/mol. The Morgan fingerprint density at radius 1 is 0.812 bits per heavy atom. The summed E-state index contributed by atoms with van der Waals surface area (Å²) in [5.74, 6) is 0. The van der Waals surface area contributed by atoms with Crippen LogP contribution in [0.25, 0.3) is 0 Å². The van der Waals surface area contributed by atoms with Crippen molar-refractivity contribution < 1.29 is 4.43 Å². The lowest BCUT2D eigenvalue weighted by molar-refractivity contribution is 0.275. The molecule has 0 saturated heterocycles. The molecule has 100 valence electrons. The average molecular weight is 247 g/mol. The molecular formula is C13H33NOSi. The van der Waals surface area contributed by atoms with Crippen LogP contribution >= 0.6 is 0 Å². The highest BCUT2D eigenvalue weighted by atomic mass is 28.3. The third-order valence-corrected chi connectivity index (χ3v) is 3.12. The molecule has 0 rings (SSSR count). The lowest BCUT2D eigenvalue weighted by Gasteiger charge is -2.19. The normalized spacial score (nSPS) is 10.5. The quantitative estimate of drug-likeness (QED) is 0.609. The van der Waals surface area contributed by atoms with Gasteiger partial charge < -0.3 is 9.33 Å². The summed E-state index contributed by atoms with van der Waals surface area (Å²) in [6, 6.07) is 0. The Kier molecular flexibility index (Phi) is 17.5. The van der Waals surface area contributed by atoms with Gasteiger partial charge in [-0.25, -0.2) is 0 Å². The number of hydrogen-bond acceptors (Lipinski definition) is 2. The molecule has 0 aromatic heterocycles. The number of rotatable bonds is 8. The van der Waals surface area contributed by atoms with Gasteiger partial charge in [-0.1, -0.05) is 20.8 Å². The third-order valence-electron chi connectivity index (χ3n) is 2.12. The molecule has 0 amide bonds. The van der Waals surface area contributed by atoms with Gasteiger partial charge in [-0.3, -0.25) is 0 Å². The minimum absolute atomic E-state index is 0.671. The van der Waals surface area contributed by atoms with Crippen LogP contribution in [0.5, 0.6) is 0 Å². The van der Waals surface area contributed by atoms with E-state index in [1.807, 2.05) is 6.92 Å². The van der Waals surface area contributed by atoms with Gasteiger partial charge >= 0.3 is 0 Å². The second kappa shape index (κ2) is 15.1. The average Bonchev–Trinajstić information content (AvgIpc) is 2.19. The summed E-state index contributed by atoms with van der Waals surface area (Å²) in [6.45, 7) is 17.9. The van der Waals surface area contributed by atoms with Crippen molar-refractivity contribution in [1.82, 2.24) is 4.90 Å². The molecule has 0 saturated carbocycles. The Balaban J connectivity index is 0. The van der Waals surface area contributed by atoms with Gasteiger partial charge in [0.25, 0.3) is 0 Å². The zero-order valence-electron chi connectivity index (χ0n) is 12.4. The topological polar surface area (TPSA) is 12.5 Å². The van der Waals surface area contributed by atoms with Gasteiger partial charge in [0.05, 0.1) is 0 Å². The largest absolute Gasteiger partial charge is 0.421 e. The SMILES string of the molecule is CCCN(CCC)CCC.CCO[SiH](C)C. The maximum Gasteiger partial charge on any atom is 0.170 e. The summed E-state index contributed by atoms with van der Waals surface area (Å²) in [4.78, 5) is 2.54. The Morgan fingerprint density at radius 2 is 1.19 bits per heavy atom. The van der Waals surface area contributed by atoms with Crippen molar-refractivity contribution in [2.75, 3.05) is 26.2 Å². The molecule has 0 fully saturated rings. The summed E-state index contributed by atoms with van der Waals surface area (Å²) in [5, 5.41) is 0. The van der Waals surface area contributed by atoms with E-state index in [0.29, 0.717) is 0 Å². The molecule has 0 aliphatic carbocycles. The van der Waals surface area contributed by atoms with Crippen molar-refractivity contribution in [3.8, 4) is 0 Å². The molecule has 0 aromatic carbocycles. The summed E-state index contributed by atoms with van der Waals surface area (Å²) < 4.78 is 5.18. The van der Waals surface area contributed by atoms with Crippen molar-refractivity contribution in [1.29, 1.82) is 0 Å². The maximum absolute atomic E-state index is 5.18. The van der Waals surface area contributed by atoms with E-state index in [-0.39, 0.29) is 0 Å². The molecule has 0 unspecified atom stereocenters. The highest BCUT2D eigenvalue weighted by Crippen LogP contribution is 1.94. The fourth-order valence-corrected chi connectivity index (χ4v) is 2.28. The van der Waals surface area contributed by atoms with Crippen LogP contribution in [-0.2, 0) is 4.43 Å². The van der Waals surface area contributed by atoms with Crippen molar-refractivity contribution >= 4 is 9.04 Å². The minimum Gasteiger partial charge on any atom is -0.421 e. The van der Waals surface area contributed by atoms with E-state index >= 15 is 0 Å². The summed E-state index contributed by atoms with van der Waals surface area (Å²) in [5.41, 5.74) is 0. The highest BCUT2D eigenvalue weighted by molar-refractivity contribution is 6.48. The van der Waals surface area contributed by atoms with Gasteiger partial charge in [-0.2, -0.15) is 0 Å². The van der Waals surface area contributed by atoms with Gasteiger partial charge in [0.1, 0.15) is 0 Å². The van der Waals surface area contributed by atoms with Crippen molar-refractivity contribution in [3.05, 3.63) is 0 Å². The van der Waals surface area contributed by atoms with Crippen molar-refractivity contribution in [2.24, 2.45) is 0 Å². The zero-order chi connectivity index (χ0) is 12.8. The van der Waals surface area contributed by atoms with Crippen LogP contribution in [0.3, 0.4) is 0 Å². The van der Waals surface area contributed by atoms with Crippen LogP contribution in [0.15, 0.2) is 0 Å². The summed E-state index contributed by atoms with van der Waals surface area (Å²) in [6.07, 6.45) is 3.88. The molecule has 0 atom stereocenters. The Hall–Kier alpha value is 0.137. The van der Waals surface area contributed by atoms with Gasteiger partial charge in [-0.05, 0) is 58.9 Å². The second-order valence-corrected chi connectivity index (χ2v) is 6.78. The van der Waals surface area contributed by atoms with E-state index in [9.17, 15) is 0 Å². The standard InChI is InChI=1S/C9H21N.C4H12OSi/c1-4-7-10(8-5-2)9-6-3;1-4-5-6(2)3/h4-9H2,1-3H3;6H,4H2,1-3H3. The van der Waals surface area contributed by atoms with Crippen LogP contribution in [0.4, 0.5) is 0 Å². The smallest absolute Gasteiger partial charge is 0.170 e. The fraction of sp³-hybridized carbons (Fsp3) is 1.00. The maximum atomic E-state index is 5.18. The summed E-state index contributed by atoms with van der Waals surface area (Å²) >= 11 is 0. The van der Waals surface area contributed by atoms with Gasteiger partial charge in [0.15, 0.2) is 9.04 Å². The highest BCUT2D eigenvalue weighted by Gasteiger charge is 1.98. The Bertz CT molecular complexity index is 106. The lowest BCUT2D eigenvalue weighted by atomic mass is 10.3. The van der Waals surface area contributed by atoms with E-state index in [1.54, 1.807) is 0 Å². The van der Waals surface area contributed by atoms with Crippen LogP contribution in [-0.4, -0.2) is 40.2 Å². The second-order valence-electron chi connectivity index (χ2n) is 4.35. The van der Waals surface area contributed by atoms with E-state index in [1.165, 1.54) is 38.9 Å². The van der Waals surface area contributed by atoms with Crippen LogP contribution in [0.2, 0.25) is 13.1 Å². The first-order valence-electron chi connectivity index (χ1n) is 6.96.